The SMILES string of the molecule is CCCCCCCCCCCCO[C@H]1O[C@H]2O[C@@]3(C)CC[C@H]4[C@H](C)CC[C@@H]([C@H]1C)[C@@]24OO3. The van der Waals surface area contributed by atoms with Crippen LogP contribution in [0.25, 0.3) is 0 Å². The van der Waals surface area contributed by atoms with Crippen molar-refractivity contribution < 1.29 is 24.0 Å². The van der Waals surface area contributed by atoms with Crippen LogP contribution < -0.4 is 0 Å². The van der Waals surface area contributed by atoms with E-state index in [0.717, 1.165) is 32.3 Å². The molecule has 5 rings (SSSR count). The second-order valence-electron chi connectivity index (χ2n) is 11.3. The first-order chi connectivity index (χ1) is 15.5. The molecule has 0 unspecified atom stereocenters. The van der Waals surface area contributed by atoms with Gasteiger partial charge in [-0.2, -0.15) is 0 Å². The predicted octanol–water partition coefficient (Wildman–Crippen LogP) is 7.13. The van der Waals surface area contributed by atoms with Crippen molar-refractivity contribution in [1.82, 2.24) is 0 Å². The van der Waals surface area contributed by atoms with Crippen LogP contribution in [0.4, 0.5) is 0 Å². The predicted molar refractivity (Wildman–Crippen MR) is 125 cm³/mol. The van der Waals surface area contributed by atoms with E-state index in [1.54, 1.807) is 0 Å². The molecular formula is C27H48O5. The molecule has 32 heavy (non-hydrogen) atoms. The van der Waals surface area contributed by atoms with Gasteiger partial charge in [-0.15, -0.1) is 0 Å². The molecule has 8 atom stereocenters. The molecule has 1 saturated carbocycles. The van der Waals surface area contributed by atoms with Crippen LogP contribution in [0.5, 0.6) is 0 Å². The Balaban J connectivity index is 1.23. The smallest absolute Gasteiger partial charge is 0.201 e. The molecule has 5 aliphatic rings. The Bertz CT molecular complexity index is 584. The average Bonchev–Trinajstić information content (AvgIpc) is 3.01. The molecule has 0 amide bonds. The molecule has 0 radical (unpaired) electrons. The lowest BCUT2D eigenvalue weighted by atomic mass is 9.58. The maximum atomic E-state index is 6.50. The number of unbranched alkanes of at least 4 members (excludes halogenated alkanes) is 9. The monoisotopic (exact) mass is 452 g/mol. The van der Waals surface area contributed by atoms with Gasteiger partial charge >= 0.3 is 0 Å². The third-order valence-electron chi connectivity index (χ3n) is 8.88. The van der Waals surface area contributed by atoms with Gasteiger partial charge in [0, 0.05) is 24.9 Å². The van der Waals surface area contributed by atoms with E-state index in [2.05, 4.69) is 20.8 Å². The number of hydrogen-bond acceptors (Lipinski definition) is 5. The third-order valence-corrected chi connectivity index (χ3v) is 8.88. The highest BCUT2D eigenvalue weighted by molar-refractivity contribution is 5.09. The lowest BCUT2D eigenvalue weighted by Crippen LogP contribution is -2.70. The van der Waals surface area contributed by atoms with Gasteiger partial charge in [0.2, 0.25) is 5.79 Å². The number of rotatable bonds is 12. The van der Waals surface area contributed by atoms with E-state index >= 15 is 0 Å². The van der Waals surface area contributed by atoms with Crippen molar-refractivity contribution in [2.75, 3.05) is 6.61 Å². The molecule has 0 aromatic carbocycles. The Hall–Kier alpha value is -0.200. The molecule has 5 heteroatoms. The zero-order chi connectivity index (χ0) is 22.6. The molecule has 5 fully saturated rings. The summed E-state index contributed by atoms with van der Waals surface area (Å²) in [6, 6.07) is 0. The fourth-order valence-corrected chi connectivity index (χ4v) is 6.85. The first kappa shape index (κ1) is 24.9. The minimum absolute atomic E-state index is 0.213. The van der Waals surface area contributed by atoms with Crippen LogP contribution in [0.3, 0.4) is 0 Å². The van der Waals surface area contributed by atoms with Crippen molar-refractivity contribution >= 4 is 0 Å². The standard InChI is InChI=1S/C27H48O5/c1-5-6-7-8-9-10-11-12-13-14-19-28-24-21(3)23-16-15-20(2)22-17-18-26(4)30-25(29-24)27(22,23)32-31-26/h20-25H,5-19H2,1-4H3/t20-,21-,22+,23+,24+,25+,26-,27-/m1/s1. The van der Waals surface area contributed by atoms with Gasteiger partial charge < -0.3 is 14.2 Å². The molecule has 0 N–H and O–H groups in total. The van der Waals surface area contributed by atoms with Crippen molar-refractivity contribution in [2.24, 2.45) is 23.7 Å². The summed E-state index contributed by atoms with van der Waals surface area (Å²) in [6.07, 6.45) is 17.1. The lowest BCUT2D eigenvalue weighted by Gasteiger charge is -2.60. The quantitative estimate of drug-likeness (QED) is 0.233. The van der Waals surface area contributed by atoms with Crippen LogP contribution in [-0.4, -0.2) is 30.6 Å². The topological polar surface area (TPSA) is 46.2 Å². The fraction of sp³-hybridized carbons (Fsp3) is 1.00. The number of ether oxygens (including phenoxy) is 3. The van der Waals surface area contributed by atoms with Gasteiger partial charge in [-0.1, -0.05) is 78.6 Å². The molecule has 4 aliphatic heterocycles. The zero-order valence-electron chi connectivity index (χ0n) is 21.1. The van der Waals surface area contributed by atoms with E-state index in [1.165, 1.54) is 64.2 Å². The highest BCUT2D eigenvalue weighted by atomic mass is 17.3. The second-order valence-corrected chi connectivity index (χ2v) is 11.3. The van der Waals surface area contributed by atoms with Crippen molar-refractivity contribution in [3.63, 3.8) is 0 Å². The molecule has 4 saturated heterocycles. The highest BCUT2D eigenvalue weighted by Crippen LogP contribution is 2.60. The van der Waals surface area contributed by atoms with Crippen LogP contribution in [-0.2, 0) is 24.0 Å². The summed E-state index contributed by atoms with van der Waals surface area (Å²) in [6.45, 7) is 9.66. The first-order valence-corrected chi connectivity index (χ1v) is 13.8. The maximum Gasteiger partial charge on any atom is 0.201 e. The van der Waals surface area contributed by atoms with E-state index in [1.807, 2.05) is 6.92 Å². The van der Waals surface area contributed by atoms with E-state index < -0.39 is 17.7 Å². The van der Waals surface area contributed by atoms with Crippen LogP contribution in [0.2, 0.25) is 0 Å². The summed E-state index contributed by atoms with van der Waals surface area (Å²) in [5.74, 6) is 0.934. The Labute approximate surface area is 196 Å². The van der Waals surface area contributed by atoms with Crippen molar-refractivity contribution in [3.8, 4) is 0 Å². The first-order valence-electron chi connectivity index (χ1n) is 13.8. The van der Waals surface area contributed by atoms with Crippen molar-refractivity contribution in [3.05, 3.63) is 0 Å². The van der Waals surface area contributed by atoms with Gasteiger partial charge in [0.1, 0.15) is 0 Å². The van der Waals surface area contributed by atoms with E-state index in [4.69, 9.17) is 24.0 Å². The van der Waals surface area contributed by atoms with E-state index in [-0.39, 0.29) is 12.2 Å². The highest BCUT2D eigenvalue weighted by Gasteiger charge is 2.69. The summed E-state index contributed by atoms with van der Waals surface area (Å²) in [5, 5.41) is 0. The van der Waals surface area contributed by atoms with Crippen molar-refractivity contribution in [2.45, 2.75) is 142 Å². The molecule has 0 aromatic heterocycles. The molecular weight excluding hydrogens is 404 g/mol. The maximum absolute atomic E-state index is 6.50. The molecule has 4 heterocycles. The molecule has 2 bridgehead atoms. The molecule has 5 nitrogen and oxygen atoms in total. The molecule has 186 valence electrons. The van der Waals surface area contributed by atoms with E-state index in [0.29, 0.717) is 17.8 Å². The van der Waals surface area contributed by atoms with Gasteiger partial charge in [-0.3, -0.25) is 0 Å². The third kappa shape index (κ3) is 5.07. The summed E-state index contributed by atoms with van der Waals surface area (Å²) < 4.78 is 19.2. The molecule has 1 spiro atoms. The minimum atomic E-state index is -0.709. The summed E-state index contributed by atoms with van der Waals surface area (Å²) >= 11 is 0. The Morgan fingerprint density at radius 1 is 0.812 bits per heavy atom. The van der Waals surface area contributed by atoms with Crippen LogP contribution >= 0.6 is 0 Å². The van der Waals surface area contributed by atoms with Crippen LogP contribution in [0.15, 0.2) is 0 Å². The zero-order valence-corrected chi connectivity index (χ0v) is 21.1. The normalized spacial score (nSPS) is 43.1. The fourth-order valence-electron chi connectivity index (χ4n) is 6.85. The number of hydrogen-bond donors (Lipinski definition) is 0. The summed E-state index contributed by atoms with van der Waals surface area (Å²) in [5.41, 5.74) is -0.482. The van der Waals surface area contributed by atoms with Crippen LogP contribution in [0, 0.1) is 23.7 Å². The molecule has 1 aliphatic carbocycles. The minimum Gasteiger partial charge on any atom is -0.352 e. The summed E-state index contributed by atoms with van der Waals surface area (Å²) in [7, 11) is 0. The van der Waals surface area contributed by atoms with Crippen LogP contribution in [0.1, 0.15) is 118 Å². The Morgan fingerprint density at radius 3 is 2.22 bits per heavy atom. The largest absolute Gasteiger partial charge is 0.352 e. The Morgan fingerprint density at radius 2 is 1.50 bits per heavy atom. The van der Waals surface area contributed by atoms with Gasteiger partial charge in [-0.25, -0.2) is 9.78 Å². The molecule has 0 aromatic rings. The lowest BCUT2D eigenvalue weighted by molar-refractivity contribution is -0.577. The average molecular weight is 453 g/mol. The second kappa shape index (κ2) is 11.0. The van der Waals surface area contributed by atoms with Gasteiger partial charge in [-0.05, 0) is 44.4 Å². The van der Waals surface area contributed by atoms with Gasteiger partial charge in [0.05, 0.1) is 0 Å². The van der Waals surface area contributed by atoms with Gasteiger partial charge in [0.15, 0.2) is 18.2 Å². The van der Waals surface area contributed by atoms with Crippen molar-refractivity contribution in [1.29, 1.82) is 0 Å². The Kier molecular flexibility index (Phi) is 8.59. The van der Waals surface area contributed by atoms with Gasteiger partial charge in [0.25, 0.3) is 0 Å². The number of fused-ring (bicyclic) bond motifs is 2. The van der Waals surface area contributed by atoms with E-state index in [9.17, 15) is 0 Å². The summed E-state index contributed by atoms with van der Waals surface area (Å²) in [4.78, 5) is 12.1.